The second-order valence-corrected chi connectivity index (χ2v) is 4.50. The molecule has 0 radical (unpaired) electrons. The standard InChI is InChI=1S/C16H13F3O4/c1-21-13-7-10(9-20)8-14(22-2)15(13)23-12-5-3-11(4-6-12)16(17,18)19/h3-9H,1-2H3. The van der Waals surface area contributed by atoms with E-state index in [2.05, 4.69) is 0 Å². The highest BCUT2D eigenvalue weighted by Gasteiger charge is 2.30. The molecule has 0 unspecified atom stereocenters. The van der Waals surface area contributed by atoms with Gasteiger partial charge in [-0.1, -0.05) is 0 Å². The normalized spacial score (nSPS) is 11.0. The number of carbonyl (C=O) groups excluding carboxylic acids is 1. The van der Waals surface area contributed by atoms with Crippen LogP contribution in [-0.4, -0.2) is 20.5 Å². The van der Waals surface area contributed by atoms with Crippen LogP contribution in [0.3, 0.4) is 0 Å². The number of rotatable bonds is 5. The van der Waals surface area contributed by atoms with Gasteiger partial charge in [-0.3, -0.25) is 4.79 Å². The zero-order valence-electron chi connectivity index (χ0n) is 12.3. The average Bonchev–Trinajstić information content (AvgIpc) is 2.54. The molecular weight excluding hydrogens is 313 g/mol. The molecule has 0 N–H and O–H groups in total. The number of carbonyl (C=O) groups is 1. The number of aldehydes is 1. The molecule has 2 aromatic rings. The Morgan fingerprint density at radius 3 is 1.87 bits per heavy atom. The van der Waals surface area contributed by atoms with Gasteiger partial charge < -0.3 is 14.2 Å². The molecule has 2 aromatic carbocycles. The van der Waals surface area contributed by atoms with Gasteiger partial charge in [0.2, 0.25) is 5.75 Å². The highest BCUT2D eigenvalue weighted by molar-refractivity contribution is 5.78. The Hall–Kier alpha value is -2.70. The van der Waals surface area contributed by atoms with Crippen LogP contribution in [-0.2, 0) is 6.18 Å². The second kappa shape index (κ2) is 6.60. The van der Waals surface area contributed by atoms with Crippen LogP contribution in [0.25, 0.3) is 0 Å². The fourth-order valence-corrected chi connectivity index (χ4v) is 1.90. The van der Waals surface area contributed by atoms with Gasteiger partial charge in [0.15, 0.2) is 11.5 Å². The largest absolute Gasteiger partial charge is 0.493 e. The fourth-order valence-electron chi connectivity index (χ4n) is 1.90. The van der Waals surface area contributed by atoms with Crippen LogP contribution >= 0.6 is 0 Å². The zero-order chi connectivity index (χ0) is 17.0. The van der Waals surface area contributed by atoms with Gasteiger partial charge in [-0.15, -0.1) is 0 Å². The number of ether oxygens (including phenoxy) is 3. The first-order chi connectivity index (χ1) is 10.9. The summed E-state index contributed by atoms with van der Waals surface area (Å²) in [5.41, 5.74) is -0.460. The third-order valence-electron chi connectivity index (χ3n) is 3.02. The summed E-state index contributed by atoms with van der Waals surface area (Å²) in [4.78, 5) is 10.9. The Labute approximate surface area is 130 Å². The molecule has 0 spiro atoms. The maximum atomic E-state index is 12.6. The molecule has 23 heavy (non-hydrogen) atoms. The third kappa shape index (κ3) is 3.74. The number of hydrogen-bond donors (Lipinski definition) is 0. The van der Waals surface area contributed by atoms with E-state index in [0.717, 1.165) is 12.1 Å². The Balaban J connectivity index is 2.37. The quantitative estimate of drug-likeness (QED) is 0.767. The molecule has 0 saturated carbocycles. The SMILES string of the molecule is COc1cc(C=O)cc(OC)c1Oc1ccc(C(F)(F)F)cc1. The number of benzene rings is 2. The van der Waals surface area contributed by atoms with E-state index in [0.29, 0.717) is 11.8 Å². The van der Waals surface area contributed by atoms with E-state index in [-0.39, 0.29) is 23.0 Å². The predicted octanol–water partition coefficient (Wildman–Crippen LogP) is 4.33. The van der Waals surface area contributed by atoms with Gasteiger partial charge in [0, 0.05) is 5.56 Å². The minimum atomic E-state index is -4.42. The summed E-state index contributed by atoms with van der Waals surface area (Å²) in [5, 5.41) is 0. The summed E-state index contributed by atoms with van der Waals surface area (Å²) in [6.07, 6.45) is -3.80. The highest BCUT2D eigenvalue weighted by Crippen LogP contribution is 2.41. The Morgan fingerprint density at radius 1 is 0.957 bits per heavy atom. The Kier molecular flexibility index (Phi) is 4.78. The van der Waals surface area contributed by atoms with Gasteiger partial charge in [0.05, 0.1) is 19.8 Å². The average molecular weight is 326 g/mol. The van der Waals surface area contributed by atoms with Crippen molar-refractivity contribution in [2.75, 3.05) is 14.2 Å². The van der Waals surface area contributed by atoms with Crippen molar-refractivity contribution in [2.24, 2.45) is 0 Å². The maximum absolute atomic E-state index is 12.6. The number of alkyl halides is 3. The van der Waals surface area contributed by atoms with Crippen LogP contribution in [0.4, 0.5) is 13.2 Å². The maximum Gasteiger partial charge on any atom is 0.416 e. The lowest BCUT2D eigenvalue weighted by Gasteiger charge is -2.15. The molecule has 0 aliphatic carbocycles. The second-order valence-electron chi connectivity index (χ2n) is 4.50. The number of methoxy groups -OCH3 is 2. The van der Waals surface area contributed by atoms with Crippen molar-refractivity contribution >= 4 is 6.29 Å². The first-order valence-corrected chi connectivity index (χ1v) is 6.45. The van der Waals surface area contributed by atoms with Gasteiger partial charge in [-0.25, -0.2) is 0 Å². The molecule has 4 nitrogen and oxygen atoms in total. The molecule has 0 aliphatic heterocycles. The first-order valence-electron chi connectivity index (χ1n) is 6.45. The number of halogens is 3. The fraction of sp³-hybridized carbons (Fsp3) is 0.188. The Bertz CT molecular complexity index is 668. The molecule has 7 heteroatoms. The molecule has 0 atom stereocenters. The molecular formula is C16H13F3O4. The van der Waals surface area contributed by atoms with Crippen LogP contribution in [0.1, 0.15) is 15.9 Å². The van der Waals surface area contributed by atoms with Gasteiger partial charge in [0.1, 0.15) is 12.0 Å². The molecule has 0 fully saturated rings. The van der Waals surface area contributed by atoms with Gasteiger partial charge in [-0.05, 0) is 36.4 Å². The predicted molar refractivity (Wildman–Crippen MR) is 76.5 cm³/mol. The van der Waals surface area contributed by atoms with E-state index in [1.165, 1.54) is 38.5 Å². The van der Waals surface area contributed by atoms with E-state index in [4.69, 9.17) is 14.2 Å². The zero-order valence-corrected chi connectivity index (χ0v) is 12.3. The van der Waals surface area contributed by atoms with Gasteiger partial charge >= 0.3 is 6.18 Å². The minimum absolute atomic E-state index is 0.167. The van der Waals surface area contributed by atoms with E-state index in [1.54, 1.807) is 0 Å². The van der Waals surface area contributed by atoms with Crippen molar-refractivity contribution in [2.45, 2.75) is 6.18 Å². The minimum Gasteiger partial charge on any atom is -0.493 e. The lowest BCUT2D eigenvalue weighted by atomic mass is 10.2. The van der Waals surface area contributed by atoms with E-state index in [1.807, 2.05) is 0 Å². The van der Waals surface area contributed by atoms with Crippen molar-refractivity contribution in [1.82, 2.24) is 0 Å². The van der Waals surface area contributed by atoms with E-state index >= 15 is 0 Å². The summed E-state index contributed by atoms with van der Waals surface area (Å²) in [5.74, 6) is 0.798. The van der Waals surface area contributed by atoms with Crippen molar-refractivity contribution < 1.29 is 32.2 Å². The molecule has 122 valence electrons. The lowest BCUT2D eigenvalue weighted by Crippen LogP contribution is -2.04. The van der Waals surface area contributed by atoms with Crippen LogP contribution in [0, 0.1) is 0 Å². The first kappa shape index (κ1) is 16.7. The summed E-state index contributed by atoms with van der Waals surface area (Å²) in [6.45, 7) is 0. The van der Waals surface area contributed by atoms with Crippen molar-refractivity contribution in [3.8, 4) is 23.0 Å². The van der Waals surface area contributed by atoms with Gasteiger partial charge in [0.25, 0.3) is 0 Å². The monoisotopic (exact) mass is 326 g/mol. The van der Waals surface area contributed by atoms with E-state index in [9.17, 15) is 18.0 Å². The molecule has 0 saturated heterocycles. The topological polar surface area (TPSA) is 44.8 Å². The molecule has 2 rings (SSSR count). The van der Waals surface area contributed by atoms with Crippen molar-refractivity contribution in [1.29, 1.82) is 0 Å². The van der Waals surface area contributed by atoms with E-state index < -0.39 is 11.7 Å². The van der Waals surface area contributed by atoms with Gasteiger partial charge in [-0.2, -0.15) is 13.2 Å². The van der Waals surface area contributed by atoms with Crippen LogP contribution in [0.2, 0.25) is 0 Å². The third-order valence-corrected chi connectivity index (χ3v) is 3.02. The van der Waals surface area contributed by atoms with Crippen molar-refractivity contribution in [3.05, 3.63) is 47.5 Å². The Morgan fingerprint density at radius 2 is 1.48 bits per heavy atom. The van der Waals surface area contributed by atoms with Crippen LogP contribution < -0.4 is 14.2 Å². The molecule has 0 amide bonds. The van der Waals surface area contributed by atoms with Crippen LogP contribution in [0.5, 0.6) is 23.0 Å². The lowest BCUT2D eigenvalue weighted by molar-refractivity contribution is -0.137. The smallest absolute Gasteiger partial charge is 0.416 e. The van der Waals surface area contributed by atoms with Crippen molar-refractivity contribution in [3.63, 3.8) is 0 Å². The molecule has 0 aliphatic rings. The number of hydrogen-bond acceptors (Lipinski definition) is 4. The van der Waals surface area contributed by atoms with Crippen LogP contribution in [0.15, 0.2) is 36.4 Å². The molecule has 0 heterocycles. The highest BCUT2D eigenvalue weighted by atomic mass is 19.4. The summed E-state index contributed by atoms with van der Waals surface area (Å²) >= 11 is 0. The molecule has 0 aromatic heterocycles. The summed E-state index contributed by atoms with van der Waals surface area (Å²) < 4.78 is 53.5. The molecule has 0 bridgehead atoms. The summed E-state index contributed by atoms with van der Waals surface area (Å²) in [7, 11) is 2.76. The summed E-state index contributed by atoms with van der Waals surface area (Å²) in [6, 6.07) is 7.08.